The van der Waals surface area contributed by atoms with Crippen LogP contribution in [0.25, 0.3) is 0 Å². The lowest BCUT2D eigenvalue weighted by Gasteiger charge is -2.23. The third-order valence-electron chi connectivity index (χ3n) is 5.02. The van der Waals surface area contributed by atoms with E-state index in [-0.39, 0.29) is 0 Å². The minimum atomic E-state index is 0.507. The second-order valence-electron chi connectivity index (χ2n) is 7.11. The molecule has 0 radical (unpaired) electrons. The molecular formula is C20H26N4O. The summed E-state index contributed by atoms with van der Waals surface area (Å²) in [6.07, 6.45) is 8.86. The number of ether oxygens (including phenoxy) is 1. The highest BCUT2D eigenvalue weighted by Crippen LogP contribution is 2.40. The molecule has 2 N–H and O–H groups in total. The second-order valence-corrected chi connectivity index (χ2v) is 7.11. The molecule has 2 aromatic rings. The van der Waals surface area contributed by atoms with E-state index in [2.05, 4.69) is 16.7 Å². The molecule has 0 amide bonds. The van der Waals surface area contributed by atoms with Crippen molar-refractivity contribution in [2.24, 2.45) is 0 Å². The quantitative estimate of drug-likeness (QED) is 0.788. The molecule has 2 fully saturated rings. The third kappa shape index (κ3) is 4.21. The number of nitrogens with one attached hydrogen (secondary N) is 2. The van der Waals surface area contributed by atoms with Crippen molar-refractivity contribution in [3.05, 3.63) is 36.0 Å². The first-order valence-electron chi connectivity index (χ1n) is 9.37. The average Bonchev–Trinajstić information content (AvgIpc) is 3.48. The molecule has 5 heteroatoms. The van der Waals surface area contributed by atoms with E-state index in [0.29, 0.717) is 12.0 Å². The van der Waals surface area contributed by atoms with Crippen molar-refractivity contribution in [3.63, 3.8) is 0 Å². The van der Waals surface area contributed by atoms with Gasteiger partial charge in [-0.25, -0.2) is 4.98 Å². The lowest BCUT2D eigenvalue weighted by molar-refractivity contribution is 0.415. The van der Waals surface area contributed by atoms with Crippen LogP contribution in [0.4, 0.5) is 17.5 Å². The van der Waals surface area contributed by atoms with Gasteiger partial charge in [0.05, 0.1) is 12.8 Å². The summed E-state index contributed by atoms with van der Waals surface area (Å²) >= 11 is 0. The smallest absolute Gasteiger partial charge is 0.225 e. The van der Waals surface area contributed by atoms with Crippen molar-refractivity contribution in [2.75, 3.05) is 17.7 Å². The SMILES string of the molecule is COc1cccc(Nc2cc(C3CC3)nc(NC3CCCCC3)n2)c1. The number of hydrogen-bond acceptors (Lipinski definition) is 5. The van der Waals surface area contributed by atoms with Crippen molar-refractivity contribution >= 4 is 17.5 Å². The molecule has 0 spiro atoms. The third-order valence-corrected chi connectivity index (χ3v) is 5.02. The zero-order chi connectivity index (χ0) is 17.1. The first-order chi connectivity index (χ1) is 12.3. The lowest BCUT2D eigenvalue weighted by Crippen LogP contribution is -2.23. The van der Waals surface area contributed by atoms with Crippen LogP contribution < -0.4 is 15.4 Å². The van der Waals surface area contributed by atoms with E-state index < -0.39 is 0 Å². The van der Waals surface area contributed by atoms with Crippen LogP contribution in [0.5, 0.6) is 5.75 Å². The fourth-order valence-electron chi connectivity index (χ4n) is 3.46. The zero-order valence-corrected chi connectivity index (χ0v) is 14.8. The Labute approximate surface area is 149 Å². The van der Waals surface area contributed by atoms with Gasteiger partial charge >= 0.3 is 0 Å². The molecule has 5 nitrogen and oxygen atoms in total. The van der Waals surface area contributed by atoms with Gasteiger partial charge in [0.1, 0.15) is 11.6 Å². The fraction of sp³-hybridized carbons (Fsp3) is 0.500. The largest absolute Gasteiger partial charge is 0.497 e. The first kappa shape index (κ1) is 16.2. The fourth-order valence-corrected chi connectivity index (χ4v) is 3.46. The summed E-state index contributed by atoms with van der Waals surface area (Å²) in [5.41, 5.74) is 2.13. The van der Waals surface area contributed by atoms with Gasteiger partial charge in [0, 0.05) is 29.8 Å². The van der Waals surface area contributed by atoms with Gasteiger partial charge in [-0.2, -0.15) is 4.98 Å². The van der Waals surface area contributed by atoms with Crippen molar-refractivity contribution in [2.45, 2.75) is 56.9 Å². The van der Waals surface area contributed by atoms with Crippen LogP contribution in [0.2, 0.25) is 0 Å². The summed E-state index contributed by atoms with van der Waals surface area (Å²) in [6, 6.07) is 10.5. The summed E-state index contributed by atoms with van der Waals surface area (Å²) in [4.78, 5) is 9.49. The number of anilines is 3. The Bertz CT molecular complexity index is 723. The highest BCUT2D eigenvalue weighted by atomic mass is 16.5. The Balaban J connectivity index is 1.55. The molecule has 0 aliphatic heterocycles. The summed E-state index contributed by atoms with van der Waals surface area (Å²) in [7, 11) is 1.68. The number of benzene rings is 1. The van der Waals surface area contributed by atoms with Crippen LogP contribution >= 0.6 is 0 Å². The predicted molar refractivity (Wildman–Crippen MR) is 101 cm³/mol. The van der Waals surface area contributed by atoms with Crippen LogP contribution in [-0.2, 0) is 0 Å². The second kappa shape index (κ2) is 7.30. The molecule has 2 aliphatic rings. The van der Waals surface area contributed by atoms with Gasteiger partial charge in [0.15, 0.2) is 0 Å². The van der Waals surface area contributed by atoms with Gasteiger partial charge in [-0.3, -0.25) is 0 Å². The molecule has 132 valence electrons. The van der Waals surface area contributed by atoms with Crippen LogP contribution in [-0.4, -0.2) is 23.1 Å². The van der Waals surface area contributed by atoms with Crippen LogP contribution in [0, 0.1) is 0 Å². The normalized spacial score (nSPS) is 18.0. The van der Waals surface area contributed by atoms with E-state index in [1.165, 1.54) is 44.9 Å². The highest BCUT2D eigenvalue weighted by molar-refractivity contribution is 5.59. The molecule has 0 atom stereocenters. The molecule has 1 aromatic heterocycles. The molecule has 25 heavy (non-hydrogen) atoms. The molecule has 2 aliphatic carbocycles. The van der Waals surface area contributed by atoms with E-state index in [9.17, 15) is 0 Å². The van der Waals surface area contributed by atoms with Gasteiger partial charge in [-0.05, 0) is 37.8 Å². The molecular weight excluding hydrogens is 312 g/mol. The topological polar surface area (TPSA) is 59.1 Å². The van der Waals surface area contributed by atoms with Gasteiger partial charge < -0.3 is 15.4 Å². The maximum atomic E-state index is 5.30. The van der Waals surface area contributed by atoms with E-state index >= 15 is 0 Å². The Morgan fingerprint density at radius 1 is 1.00 bits per heavy atom. The van der Waals surface area contributed by atoms with E-state index in [4.69, 9.17) is 14.7 Å². The van der Waals surface area contributed by atoms with Gasteiger partial charge in [-0.15, -0.1) is 0 Å². The maximum Gasteiger partial charge on any atom is 0.225 e. The Kier molecular flexibility index (Phi) is 4.72. The Hall–Kier alpha value is -2.30. The van der Waals surface area contributed by atoms with Crippen LogP contribution in [0.15, 0.2) is 30.3 Å². The molecule has 1 heterocycles. The number of aromatic nitrogens is 2. The van der Waals surface area contributed by atoms with Gasteiger partial charge in [-0.1, -0.05) is 25.3 Å². The van der Waals surface area contributed by atoms with Crippen LogP contribution in [0.3, 0.4) is 0 Å². The molecule has 4 rings (SSSR count). The Morgan fingerprint density at radius 2 is 1.84 bits per heavy atom. The monoisotopic (exact) mass is 338 g/mol. The summed E-state index contributed by atoms with van der Waals surface area (Å²) < 4.78 is 5.30. The molecule has 0 saturated heterocycles. The number of rotatable bonds is 6. The average molecular weight is 338 g/mol. The number of hydrogen-bond donors (Lipinski definition) is 2. The Morgan fingerprint density at radius 3 is 2.60 bits per heavy atom. The molecule has 2 saturated carbocycles. The van der Waals surface area contributed by atoms with Gasteiger partial charge in [0.2, 0.25) is 5.95 Å². The summed E-state index contributed by atoms with van der Waals surface area (Å²) in [5.74, 6) is 3.05. The highest BCUT2D eigenvalue weighted by Gasteiger charge is 2.26. The zero-order valence-electron chi connectivity index (χ0n) is 14.8. The standard InChI is InChI=1S/C20H26N4O/c1-25-17-9-5-8-16(12-17)21-19-13-18(14-10-11-14)23-20(24-19)22-15-6-3-2-4-7-15/h5,8-9,12-15H,2-4,6-7,10-11H2,1H3,(H2,21,22,23,24). The lowest BCUT2D eigenvalue weighted by atomic mass is 9.96. The van der Waals surface area contributed by atoms with Crippen molar-refractivity contribution in [3.8, 4) is 5.75 Å². The minimum absolute atomic E-state index is 0.507. The molecule has 0 unspecified atom stereocenters. The first-order valence-corrected chi connectivity index (χ1v) is 9.37. The van der Waals surface area contributed by atoms with Crippen molar-refractivity contribution in [1.29, 1.82) is 0 Å². The van der Waals surface area contributed by atoms with E-state index in [1.54, 1.807) is 7.11 Å². The summed E-state index contributed by atoms with van der Waals surface area (Å²) in [6.45, 7) is 0. The van der Waals surface area contributed by atoms with Crippen molar-refractivity contribution in [1.82, 2.24) is 9.97 Å². The maximum absolute atomic E-state index is 5.30. The van der Waals surface area contributed by atoms with Crippen LogP contribution in [0.1, 0.15) is 56.6 Å². The predicted octanol–water partition coefficient (Wildman–Crippen LogP) is 4.85. The van der Waals surface area contributed by atoms with E-state index in [1.807, 2.05) is 24.3 Å². The minimum Gasteiger partial charge on any atom is -0.497 e. The van der Waals surface area contributed by atoms with Gasteiger partial charge in [0.25, 0.3) is 0 Å². The molecule has 1 aromatic carbocycles. The van der Waals surface area contributed by atoms with E-state index in [0.717, 1.165) is 28.9 Å². The number of nitrogens with zero attached hydrogens (tertiary/aromatic N) is 2. The number of methoxy groups -OCH3 is 1. The molecule has 0 bridgehead atoms. The van der Waals surface area contributed by atoms with Crippen molar-refractivity contribution < 1.29 is 4.74 Å². The summed E-state index contributed by atoms with van der Waals surface area (Å²) in [5, 5.41) is 6.97.